The van der Waals surface area contributed by atoms with Crippen LogP contribution in [0.3, 0.4) is 0 Å². The van der Waals surface area contributed by atoms with Crippen LogP contribution >= 0.6 is 15.9 Å². The minimum absolute atomic E-state index is 0.00829. The van der Waals surface area contributed by atoms with E-state index in [9.17, 15) is 5.11 Å². The van der Waals surface area contributed by atoms with Crippen LogP contribution in [0.15, 0.2) is 34.9 Å². The number of nitrogens with zero attached hydrogens (tertiary/aromatic N) is 1. The summed E-state index contributed by atoms with van der Waals surface area (Å²) in [5, 5.41) is 13.9. The largest absolute Gasteiger partial charge is 0.391 e. The SMILES string of the molecule is CC(O)C(C)Nc1cccc2cc(Br)cnc12. The molecule has 0 aliphatic rings. The molecule has 2 atom stereocenters. The second kappa shape index (κ2) is 5.02. The summed E-state index contributed by atoms with van der Waals surface area (Å²) in [6.45, 7) is 3.72. The van der Waals surface area contributed by atoms with Crippen molar-refractivity contribution in [1.82, 2.24) is 4.98 Å². The Morgan fingerprint density at radius 1 is 1.35 bits per heavy atom. The van der Waals surface area contributed by atoms with E-state index in [2.05, 4.69) is 26.2 Å². The van der Waals surface area contributed by atoms with Crippen molar-refractivity contribution in [3.8, 4) is 0 Å². The molecular formula is C13H15BrN2O. The van der Waals surface area contributed by atoms with Crippen molar-refractivity contribution in [1.29, 1.82) is 0 Å². The Balaban J connectivity index is 2.41. The van der Waals surface area contributed by atoms with Gasteiger partial charge in [-0.1, -0.05) is 12.1 Å². The lowest BCUT2D eigenvalue weighted by Gasteiger charge is -2.18. The van der Waals surface area contributed by atoms with Gasteiger partial charge in [-0.3, -0.25) is 4.98 Å². The van der Waals surface area contributed by atoms with Gasteiger partial charge in [0.2, 0.25) is 0 Å². The summed E-state index contributed by atoms with van der Waals surface area (Å²) in [7, 11) is 0. The molecule has 90 valence electrons. The second-order valence-electron chi connectivity index (χ2n) is 4.20. The van der Waals surface area contributed by atoms with E-state index < -0.39 is 6.10 Å². The molecule has 1 aromatic heterocycles. The van der Waals surface area contributed by atoms with Crippen LogP contribution in [0.1, 0.15) is 13.8 Å². The molecule has 0 fully saturated rings. The van der Waals surface area contributed by atoms with E-state index in [1.54, 1.807) is 13.1 Å². The molecule has 0 amide bonds. The first-order valence-corrected chi connectivity index (χ1v) is 6.36. The Kier molecular flexibility index (Phi) is 3.64. The molecule has 17 heavy (non-hydrogen) atoms. The molecule has 2 rings (SSSR count). The van der Waals surface area contributed by atoms with Crippen LogP contribution in [0.5, 0.6) is 0 Å². The number of aliphatic hydroxyl groups is 1. The fourth-order valence-electron chi connectivity index (χ4n) is 1.62. The molecular weight excluding hydrogens is 280 g/mol. The quantitative estimate of drug-likeness (QED) is 0.914. The lowest BCUT2D eigenvalue weighted by molar-refractivity contribution is 0.178. The van der Waals surface area contributed by atoms with Crippen LogP contribution in [0, 0.1) is 0 Å². The number of benzene rings is 1. The van der Waals surface area contributed by atoms with Gasteiger partial charge in [0.1, 0.15) is 0 Å². The second-order valence-corrected chi connectivity index (χ2v) is 5.12. The Morgan fingerprint density at radius 3 is 2.82 bits per heavy atom. The van der Waals surface area contributed by atoms with Gasteiger partial charge in [-0.2, -0.15) is 0 Å². The first-order chi connectivity index (χ1) is 8.08. The molecule has 2 unspecified atom stereocenters. The van der Waals surface area contributed by atoms with Gasteiger partial charge in [-0.15, -0.1) is 0 Å². The maximum atomic E-state index is 9.51. The molecule has 1 aromatic carbocycles. The van der Waals surface area contributed by atoms with Gasteiger partial charge in [-0.25, -0.2) is 0 Å². The van der Waals surface area contributed by atoms with Gasteiger partial charge < -0.3 is 10.4 Å². The van der Waals surface area contributed by atoms with E-state index in [0.717, 1.165) is 21.1 Å². The first kappa shape index (κ1) is 12.3. The van der Waals surface area contributed by atoms with Crippen molar-refractivity contribution in [3.05, 3.63) is 34.9 Å². The number of aliphatic hydroxyl groups excluding tert-OH is 1. The molecule has 0 saturated carbocycles. The molecule has 0 saturated heterocycles. The number of pyridine rings is 1. The topological polar surface area (TPSA) is 45.1 Å². The zero-order valence-electron chi connectivity index (χ0n) is 9.81. The number of fused-ring (bicyclic) bond motifs is 1. The normalized spacial score (nSPS) is 14.6. The van der Waals surface area contributed by atoms with Crippen LogP contribution in [-0.4, -0.2) is 22.2 Å². The third-order valence-electron chi connectivity index (χ3n) is 2.78. The van der Waals surface area contributed by atoms with Gasteiger partial charge in [0.25, 0.3) is 0 Å². The van der Waals surface area contributed by atoms with Crippen LogP contribution in [0.2, 0.25) is 0 Å². The van der Waals surface area contributed by atoms with Crippen LogP contribution < -0.4 is 5.32 Å². The third-order valence-corrected chi connectivity index (χ3v) is 3.22. The molecule has 2 aromatic rings. The Labute approximate surface area is 109 Å². The highest BCUT2D eigenvalue weighted by molar-refractivity contribution is 9.10. The van der Waals surface area contributed by atoms with Gasteiger partial charge in [-0.05, 0) is 41.9 Å². The molecule has 2 N–H and O–H groups in total. The Hall–Kier alpha value is -1.13. The number of rotatable bonds is 3. The minimum Gasteiger partial charge on any atom is -0.391 e. The van der Waals surface area contributed by atoms with Crippen LogP contribution in [-0.2, 0) is 0 Å². The molecule has 3 nitrogen and oxygen atoms in total. The number of hydrogen-bond donors (Lipinski definition) is 2. The molecule has 1 heterocycles. The summed E-state index contributed by atoms with van der Waals surface area (Å²) >= 11 is 3.41. The van der Waals surface area contributed by atoms with Gasteiger partial charge in [0.15, 0.2) is 0 Å². The number of nitrogens with one attached hydrogen (secondary N) is 1. The molecule has 4 heteroatoms. The maximum Gasteiger partial charge on any atom is 0.0934 e. The van der Waals surface area contributed by atoms with Crippen molar-refractivity contribution in [2.24, 2.45) is 0 Å². The highest BCUT2D eigenvalue weighted by Crippen LogP contribution is 2.24. The summed E-state index contributed by atoms with van der Waals surface area (Å²) in [6.07, 6.45) is 1.38. The van der Waals surface area contributed by atoms with E-state index in [0.29, 0.717) is 0 Å². The van der Waals surface area contributed by atoms with Crippen molar-refractivity contribution >= 4 is 32.5 Å². The maximum absolute atomic E-state index is 9.51. The first-order valence-electron chi connectivity index (χ1n) is 5.57. The van der Waals surface area contributed by atoms with Crippen molar-refractivity contribution in [3.63, 3.8) is 0 Å². The smallest absolute Gasteiger partial charge is 0.0934 e. The molecule has 0 spiro atoms. The minimum atomic E-state index is -0.402. The van der Waals surface area contributed by atoms with E-state index in [1.165, 1.54) is 0 Å². The summed E-state index contributed by atoms with van der Waals surface area (Å²) in [6, 6.07) is 7.99. The number of para-hydroxylation sites is 1. The molecule has 0 aliphatic heterocycles. The van der Waals surface area contributed by atoms with E-state index >= 15 is 0 Å². The summed E-state index contributed by atoms with van der Waals surface area (Å²) in [5.41, 5.74) is 1.87. The Bertz CT molecular complexity index is 528. The highest BCUT2D eigenvalue weighted by atomic mass is 79.9. The van der Waals surface area contributed by atoms with E-state index in [1.807, 2.05) is 31.2 Å². The van der Waals surface area contributed by atoms with Gasteiger partial charge >= 0.3 is 0 Å². The third kappa shape index (κ3) is 2.76. The van der Waals surface area contributed by atoms with Crippen molar-refractivity contribution < 1.29 is 5.11 Å². The number of aromatic nitrogens is 1. The summed E-state index contributed by atoms with van der Waals surface area (Å²) in [4.78, 5) is 4.40. The molecule has 0 bridgehead atoms. The fraction of sp³-hybridized carbons (Fsp3) is 0.308. The predicted molar refractivity (Wildman–Crippen MR) is 74.2 cm³/mol. The molecule has 0 radical (unpaired) electrons. The number of anilines is 1. The predicted octanol–water partition coefficient (Wildman–Crippen LogP) is 3.18. The Morgan fingerprint density at radius 2 is 2.12 bits per heavy atom. The zero-order valence-corrected chi connectivity index (χ0v) is 11.4. The van der Waals surface area contributed by atoms with Crippen LogP contribution in [0.25, 0.3) is 10.9 Å². The number of hydrogen-bond acceptors (Lipinski definition) is 3. The van der Waals surface area contributed by atoms with Crippen LogP contribution in [0.4, 0.5) is 5.69 Å². The van der Waals surface area contributed by atoms with Crippen molar-refractivity contribution in [2.75, 3.05) is 5.32 Å². The lowest BCUT2D eigenvalue weighted by Crippen LogP contribution is -2.27. The van der Waals surface area contributed by atoms with Gasteiger partial charge in [0.05, 0.1) is 17.3 Å². The fourth-order valence-corrected chi connectivity index (χ4v) is 1.97. The molecule has 0 aliphatic carbocycles. The monoisotopic (exact) mass is 294 g/mol. The highest BCUT2D eigenvalue weighted by Gasteiger charge is 2.10. The van der Waals surface area contributed by atoms with E-state index in [4.69, 9.17) is 0 Å². The summed E-state index contributed by atoms with van der Waals surface area (Å²) in [5.74, 6) is 0. The summed E-state index contributed by atoms with van der Waals surface area (Å²) < 4.78 is 0.964. The van der Waals surface area contributed by atoms with E-state index in [-0.39, 0.29) is 6.04 Å². The standard InChI is InChI=1S/C13H15BrN2O/c1-8(9(2)17)16-12-5-3-4-10-6-11(14)7-15-13(10)12/h3-9,16-17H,1-2H3. The number of halogens is 1. The zero-order chi connectivity index (χ0) is 12.4. The van der Waals surface area contributed by atoms with Crippen molar-refractivity contribution in [2.45, 2.75) is 26.0 Å². The lowest BCUT2D eigenvalue weighted by atomic mass is 10.1. The average Bonchev–Trinajstić information content (AvgIpc) is 2.28. The average molecular weight is 295 g/mol. The van der Waals surface area contributed by atoms with Gasteiger partial charge in [0, 0.05) is 22.1 Å².